The van der Waals surface area contributed by atoms with Crippen LogP contribution in [0, 0.1) is 5.92 Å². The second kappa shape index (κ2) is 8.98. The summed E-state index contributed by atoms with van der Waals surface area (Å²) in [5, 5.41) is 0.396. The molecule has 0 aromatic heterocycles. The fourth-order valence-corrected chi connectivity index (χ4v) is 4.41. The van der Waals surface area contributed by atoms with Gasteiger partial charge in [0.1, 0.15) is 6.04 Å². The van der Waals surface area contributed by atoms with Crippen molar-refractivity contribution in [2.24, 2.45) is 5.92 Å². The Kier molecular flexibility index (Phi) is 7.25. The Morgan fingerprint density at radius 3 is 2.52 bits per heavy atom. The maximum Gasteiger partial charge on any atom is 0.240 e. The SMILES string of the molecule is CC(C)C[C@@H](NS(=O)(=O)Cc1ccccc1Cl)C(=O)N1CCOCC1. The standard InChI is InChI=1S/C17H25ClN2O4S/c1-13(2)11-16(17(21)20-7-9-24-10-8-20)19-25(22,23)12-14-5-3-4-6-15(14)18/h3-6,13,16,19H,7-12H2,1-2H3/t16-/m1/s1. The smallest absolute Gasteiger partial charge is 0.240 e. The Labute approximate surface area is 154 Å². The number of amides is 1. The van der Waals surface area contributed by atoms with Gasteiger partial charge in [-0.3, -0.25) is 4.79 Å². The molecule has 25 heavy (non-hydrogen) atoms. The van der Waals surface area contributed by atoms with Crippen molar-refractivity contribution < 1.29 is 17.9 Å². The number of nitrogens with zero attached hydrogens (tertiary/aromatic N) is 1. The highest BCUT2D eigenvalue weighted by atomic mass is 35.5. The molecule has 1 aliphatic rings. The van der Waals surface area contributed by atoms with Gasteiger partial charge in [-0.25, -0.2) is 13.1 Å². The molecule has 1 N–H and O–H groups in total. The fourth-order valence-electron chi connectivity index (χ4n) is 2.75. The van der Waals surface area contributed by atoms with E-state index in [0.717, 1.165) is 0 Å². The third kappa shape index (κ3) is 6.26. The highest BCUT2D eigenvalue weighted by molar-refractivity contribution is 7.88. The summed E-state index contributed by atoms with van der Waals surface area (Å²) in [6, 6.07) is 6.03. The number of halogens is 1. The lowest BCUT2D eigenvalue weighted by atomic mass is 10.0. The molecule has 1 heterocycles. The molecule has 0 aliphatic carbocycles. The molecule has 6 nitrogen and oxygen atoms in total. The lowest BCUT2D eigenvalue weighted by molar-refractivity contribution is -0.137. The van der Waals surface area contributed by atoms with E-state index in [9.17, 15) is 13.2 Å². The van der Waals surface area contributed by atoms with Crippen LogP contribution in [0.4, 0.5) is 0 Å². The molecule has 0 bridgehead atoms. The summed E-state index contributed by atoms with van der Waals surface area (Å²) < 4.78 is 33.0. The van der Waals surface area contributed by atoms with E-state index in [2.05, 4.69) is 4.72 Å². The second-order valence-corrected chi connectivity index (χ2v) is 8.75. The summed E-state index contributed by atoms with van der Waals surface area (Å²) in [7, 11) is -3.70. The van der Waals surface area contributed by atoms with E-state index < -0.39 is 16.1 Å². The molecule has 8 heteroatoms. The van der Waals surface area contributed by atoms with Gasteiger partial charge < -0.3 is 9.64 Å². The summed E-state index contributed by atoms with van der Waals surface area (Å²) in [5.41, 5.74) is 0.513. The highest BCUT2D eigenvalue weighted by Crippen LogP contribution is 2.18. The Bertz CT molecular complexity index is 688. The number of sulfonamides is 1. The molecule has 1 fully saturated rings. The molecule has 2 rings (SSSR count). The van der Waals surface area contributed by atoms with E-state index >= 15 is 0 Å². The fraction of sp³-hybridized carbons (Fsp3) is 0.588. The van der Waals surface area contributed by atoms with Crippen LogP contribution < -0.4 is 4.72 Å². The lowest BCUT2D eigenvalue weighted by Crippen LogP contribution is -2.52. The van der Waals surface area contributed by atoms with E-state index in [1.165, 1.54) is 0 Å². The van der Waals surface area contributed by atoms with E-state index in [1.807, 2.05) is 13.8 Å². The van der Waals surface area contributed by atoms with Gasteiger partial charge in [0.25, 0.3) is 0 Å². The van der Waals surface area contributed by atoms with Crippen molar-refractivity contribution in [2.45, 2.75) is 32.1 Å². The van der Waals surface area contributed by atoms with E-state index in [-0.39, 0.29) is 17.6 Å². The minimum Gasteiger partial charge on any atom is -0.378 e. The zero-order valence-corrected chi connectivity index (χ0v) is 16.1. The first kappa shape index (κ1) is 20.2. The molecule has 1 saturated heterocycles. The molecule has 1 aromatic rings. The number of ether oxygens (including phenoxy) is 1. The minimum absolute atomic E-state index is 0.179. The predicted molar refractivity (Wildman–Crippen MR) is 97.9 cm³/mol. The van der Waals surface area contributed by atoms with Crippen LogP contribution in [0.25, 0.3) is 0 Å². The summed E-state index contributed by atoms with van der Waals surface area (Å²) >= 11 is 6.05. The van der Waals surface area contributed by atoms with Gasteiger partial charge in [0.05, 0.1) is 19.0 Å². The maximum atomic E-state index is 12.7. The lowest BCUT2D eigenvalue weighted by Gasteiger charge is -2.31. The summed E-state index contributed by atoms with van der Waals surface area (Å²) in [5.74, 6) is -0.268. The molecule has 1 aliphatic heterocycles. The molecule has 1 amide bonds. The van der Waals surface area contributed by atoms with Crippen LogP contribution in [0.3, 0.4) is 0 Å². The van der Waals surface area contributed by atoms with Crippen molar-refractivity contribution >= 4 is 27.5 Å². The van der Waals surface area contributed by atoms with Gasteiger partial charge in [-0.2, -0.15) is 0 Å². The van der Waals surface area contributed by atoms with Gasteiger partial charge in [-0.05, 0) is 24.0 Å². The molecular formula is C17H25ClN2O4S. The average molecular weight is 389 g/mol. The minimum atomic E-state index is -3.70. The first-order chi connectivity index (χ1) is 11.8. The van der Waals surface area contributed by atoms with Crippen LogP contribution >= 0.6 is 11.6 Å². The van der Waals surface area contributed by atoms with Crippen LogP contribution in [-0.2, 0) is 25.3 Å². The molecular weight excluding hydrogens is 364 g/mol. The summed E-state index contributed by atoms with van der Waals surface area (Å²) in [4.78, 5) is 14.4. The van der Waals surface area contributed by atoms with Gasteiger partial charge in [0.15, 0.2) is 0 Å². The first-order valence-electron chi connectivity index (χ1n) is 8.38. The number of benzene rings is 1. The molecule has 1 aromatic carbocycles. The van der Waals surface area contributed by atoms with Crippen molar-refractivity contribution in [1.82, 2.24) is 9.62 Å². The third-order valence-corrected chi connectivity index (χ3v) is 5.66. The molecule has 1 atom stereocenters. The Morgan fingerprint density at radius 2 is 1.92 bits per heavy atom. The van der Waals surface area contributed by atoms with E-state index in [1.54, 1.807) is 29.2 Å². The summed E-state index contributed by atoms with van der Waals surface area (Å²) in [6.07, 6.45) is 0.442. The number of morpholine rings is 1. The van der Waals surface area contributed by atoms with Crippen LogP contribution in [0.5, 0.6) is 0 Å². The zero-order chi connectivity index (χ0) is 18.4. The van der Waals surface area contributed by atoms with E-state index in [0.29, 0.717) is 43.3 Å². The van der Waals surface area contributed by atoms with Gasteiger partial charge in [0.2, 0.25) is 15.9 Å². The van der Waals surface area contributed by atoms with E-state index in [4.69, 9.17) is 16.3 Å². The number of nitrogens with one attached hydrogen (secondary N) is 1. The highest BCUT2D eigenvalue weighted by Gasteiger charge is 2.30. The van der Waals surface area contributed by atoms with Gasteiger partial charge in [-0.15, -0.1) is 0 Å². The van der Waals surface area contributed by atoms with Crippen molar-refractivity contribution in [2.75, 3.05) is 26.3 Å². The normalized spacial score (nSPS) is 16.9. The monoisotopic (exact) mass is 388 g/mol. The second-order valence-electron chi connectivity index (χ2n) is 6.59. The predicted octanol–water partition coefficient (Wildman–Crippen LogP) is 2.03. The largest absolute Gasteiger partial charge is 0.378 e. The average Bonchev–Trinajstić information content (AvgIpc) is 2.55. The van der Waals surface area contributed by atoms with Crippen LogP contribution in [0.2, 0.25) is 5.02 Å². The van der Waals surface area contributed by atoms with Crippen molar-refractivity contribution in [3.8, 4) is 0 Å². The van der Waals surface area contributed by atoms with Crippen LogP contribution in [0.15, 0.2) is 24.3 Å². The Morgan fingerprint density at radius 1 is 1.28 bits per heavy atom. The Balaban J connectivity index is 2.11. The molecule has 0 unspecified atom stereocenters. The number of carbonyl (C=O) groups excluding carboxylic acids is 1. The third-order valence-electron chi connectivity index (χ3n) is 3.95. The number of rotatable bonds is 7. The summed E-state index contributed by atoms with van der Waals surface area (Å²) in [6.45, 7) is 5.85. The number of hydrogen-bond donors (Lipinski definition) is 1. The topological polar surface area (TPSA) is 75.7 Å². The van der Waals surface area contributed by atoms with Crippen LogP contribution in [0.1, 0.15) is 25.8 Å². The molecule has 0 spiro atoms. The van der Waals surface area contributed by atoms with Crippen molar-refractivity contribution in [3.63, 3.8) is 0 Å². The van der Waals surface area contributed by atoms with Crippen molar-refractivity contribution in [3.05, 3.63) is 34.9 Å². The van der Waals surface area contributed by atoms with Gasteiger partial charge in [-0.1, -0.05) is 43.6 Å². The maximum absolute atomic E-state index is 12.7. The van der Waals surface area contributed by atoms with Crippen LogP contribution in [-0.4, -0.2) is 51.6 Å². The number of hydrogen-bond acceptors (Lipinski definition) is 4. The molecule has 0 saturated carbocycles. The first-order valence-corrected chi connectivity index (χ1v) is 10.4. The van der Waals surface area contributed by atoms with Crippen molar-refractivity contribution in [1.29, 1.82) is 0 Å². The number of carbonyl (C=O) groups is 1. The molecule has 140 valence electrons. The zero-order valence-electron chi connectivity index (χ0n) is 14.6. The Hall–Kier alpha value is -1.15. The van der Waals surface area contributed by atoms with Gasteiger partial charge in [0, 0.05) is 18.1 Å². The quantitative estimate of drug-likeness (QED) is 0.775. The van der Waals surface area contributed by atoms with Gasteiger partial charge >= 0.3 is 0 Å². The molecule has 0 radical (unpaired) electrons.